The monoisotopic (exact) mass is 1320 g/mol. The third-order valence-corrected chi connectivity index (χ3v) is 22.7. The molecule has 10 nitrogen and oxygen atoms in total. The van der Waals surface area contributed by atoms with Gasteiger partial charge in [-0.3, -0.25) is 0 Å². The summed E-state index contributed by atoms with van der Waals surface area (Å²) in [7, 11) is 0. The second kappa shape index (κ2) is 33.6. The molecule has 5 aliphatic rings. The lowest BCUT2D eigenvalue weighted by atomic mass is 9.67. The number of hydrogen-bond acceptors (Lipinski definition) is 10. The van der Waals surface area contributed by atoms with Crippen LogP contribution in [-0.4, -0.2) is 0 Å². The highest BCUT2D eigenvalue weighted by atomic mass is 14.6. The van der Waals surface area contributed by atoms with Crippen molar-refractivity contribution in [1.82, 2.24) is 0 Å². The van der Waals surface area contributed by atoms with Crippen LogP contribution in [0.5, 0.6) is 0 Å². The molecule has 99 heavy (non-hydrogen) atoms. The smallest absolute Gasteiger partial charge is 0.0314 e. The van der Waals surface area contributed by atoms with Gasteiger partial charge in [-0.2, -0.15) is 0 Å². The third kappa shape index (κ3) is 18.5. The second-order valence-electron chi connectivity index (χ2n) is 29.2. The van der Waals surface area contributed by atoms with Crippen molar-refractivity contribution in [2.24, 2.45) is 41.4 Å². The van der Waals surface area contributed by atoms with E-state index >= 15 is 0 Å². The molecule has 0 aromatic heterocycles. The maximum absolute atomic E-state index is 5.95. The highest BCUT2D eigenvalue weighted by Crippen LogP contribution is 2.64. The molecule has 5 atom stereocenters. The topological polar surface area (TPSA) is 260 Å². The van der Waals surface area contributed by atoms with Crippen LogP contribution < -0.4 is 57.3 Å². The quantitative estimate of drug-likeness (QED) is 0.0488. The van der Waals surface area contributed by atoms with Gasteiger partial charge in [-0.1, -0.05) is 180 Å². The molecular weight excluding hydrogens is 1210 g/mol. The van der Waals surface area contributed by atoms with E-state index in [2.05, 4.69) is 159 Å². The van der Waals surface area contributed by atoms with E-state index in [0.29, 0.717) is 29.6 Å². The van der Waals surface area contributed by atoms with E-state index in [1.165, 1.54) is 152 Å². The summed E-state index contributed by atoms with van der Waals surface area (Å²) in [6, 6.07) is 82.8. The van der Waals surface area contributed by atoms with Gasteiger partial charge < -0.3 is 57.3 Å². The summed E-state index contributed by atoms with van der Waals surface area (Å²) in [6.07, 6.45) is 20.8. The lowest BCUT2D eigenvalue weighted by Gasteiger charge is -2.37. The molecule has 0 radical (unpaired) electrons. The van der Waals surface area contributed by atoms with Crippen LogP contribution in [0.4, 0.5) is 56.9 Å². The van der Waals surface area contributed by atoms with Gasteiger partial charge in [0.2, 0.25) is 0 Å². The fourth-order valence-corrected chi connectivity index (χ4v) is 17.3. The summed E-state index contributed by atoms with van der Waals surface area (Å²) in [6.45, 7) is 4.36. The molecule has 15 rings (SSSR count). The van der Waals surface area contributed by atoms with Gasteiger partial charge in [0.15, 0.2) is 0 Å². The van der Waals surface area contributed by atoms with Gasteiger partial charge in [0.05, 0.1) is 0 Å². The lowest BCUT2D eigenvalue weighted by molar-refractivity contribution is 0.175. The average molecular weight is 1320 g/mol. The second-order valence-corrected chi connectivity index (χ2v) is 29.2. The van der Waals surface area contributed by atoms with E-state index in [0.717, 1.165) is 98.3 Å². The van der Waals surface area contributed by atoms with E-state index in [4.69, 9.17) is 57.3 Å². The zero-order valence-electron chi connectivity index (χ0n) is 58.4. The van der Waals surface area contributed by atoms with Crippen LogP contribution in [0, 0.1) is 41.4 Å². The Hall–Kier alpha value is -9.80. The first kappa shape index (κ1) is 70.5. The number of nitrogens with two attached hydrogens (primary N) is 10. The summed E-state index contributed by atoms with van der Waals surface area (Å²) < 4.78 is 0. The number of benzene rings is 10. The van der Waals surface area contributed by atoms with Crippen LogP contribution >= 0.6 is 0 Å². The molecule has 0 heterocycles. The maximum Gasteiger partial charge on any atom is 0.0314 e. The van der Waals surface area contributed by atoms with Gasteiger partial charge >= 0.3 is 0 Å². The van der Waals surface area contributed by atoms with E-state index in [-0.39, 0.29) is 0 Å². The van der Waals surface area contributed by atoms with Crippen LogP contribution in [0.15, 0.2) is 243 Å². The van der Waals surface area contributed by atoms with Crippen molar-refractivity contribution < 1.29 is 0 Å². The summed E-state index contributed by atoms with van der Waals surface area (Å²) in [5.74, 6) is 8.30. The Balaban J connectivity index is 0.000000126. The molecule has 20 N–H and O–H groups in total. The minimum atomic E-state index is 0.362. The van der Waals surface area contributed by atoms with Crippen LogP contribution in [0.1, 0.15) is 195 Å². The minimum Gasteiger partial charge on any atom is -0.399 e. The van der Waals surface area contributed by atoms with Crippen LogP contribution in [0.2, 0.25) is 0 Å². The average Bonchev–Trinajstić information content (AvgIpc) is 1.59. The van der Waals surface area contributed by atoms with Crippen molar-refractivity contribution in [1.29, 1.82) is 0 Å². The number of hydrogen-bond donors (Lipinski definition) is 10. The molecule has 0 spiro atoms. The Labute approximate surface area is 590 Å². The Morgan fingerprint density at radius 3 is 0.667 bits per heavy atom. The van der Waals surface area contributed by atoms with Crippen molar-refractivity contribution in [3.63, 3.8) is 0 Å². The first-order valence-electron chi connectivity index (χ1n) is 36.6. The fraction of sp³-hybridized carbons (Fsp3) is 0.326. The molecule has 0 saturated heterocycles. The number of fused-ring (bicyclic) bond motifs is 5. The Bertz CT molecular complexity index is 3600. The van der Waals surface area contributed by atoms with Crippen LogP contribution in [0.3, 0.4) is 0 Å². The fourth-order valence-electron chi connectivity index (χ4n) is 17.3. The van der Waals surface area contributed by atoms with Gasteiger partial charge in [0.25, 0.3) is 0 Å². The molecule has 10 heteroatoms. The van der Waals surface area contributed by atoms with Crippen molar-refractivity contribution in [2.75, 3.05) is 57.3 Å². The van der Waals surface area contributed by atoms with Crippen molar-refractivity contribution in [3.05, 3.63) is 298 Å². The molecule has 0 aliphatic heterocycles. The van der Waals surface area contributed by atoms with E-state index < -0.39 is 0 Å². The Kier molecular flexibility index (Phi) is 24.0. The molecule has 10 aromatic carbocycles. The zero-order chi connectivity index (χ0) is 69.4. The van der Waals surface area contributed by atoms with Crippen LogP contribution in [-0.2, 0) is 0 Å². The zero-order valence-corrected chi connectivity index (χ0v) is 58.4. The molecule has 5 aliphatic carbocycles. The number of rotatable bonds is 13. The molecule has 5 saturated carbocycles. The predicted octanol–water partition coefficient (Wildman–Crippen LogP) is 20.2. The van der Waals surface area contributed by atoms with Crippen molar-refractivity contribution in [3.8, 4) is 0 Å². The molecule has 2 bridgehead atoms. The summed E-state index contributed by atoms with van der Waals surface area (Å²) >= 11 is 0. The predicted molar refractivity (Wildman–Crippen MR) is 423 cm³/mol. The molecular formula is C89H108N10. The van der Waals surface area contributed by atoms with Gasteiger partial charge in [0, 0.05) is 86.5 Å². The highest BCUT2D eigenvalue weighted by Gasteiger charge is 2.55. The summed E-state index contributed by atoms with van der Waals surface area (Å²) in [5, 5.41) is 0. The molecule has 5 fully saturated rings. The van der Waals surface area contributed by atoms with E-state index in [1.807, 2.05) is 97.1 Å². The first-order chi connectivity index (χ1) is 48.0. The number of anilines is 10. The van der Waals surface area contributed by atoms with Gasteiger partial charge in [-0.25, -0.2) is 0 Å². The van der Waals surface area contributed by atoms with Gasteiger partial charge in [-0.15, -0.1) is 0 Å². The normalized spacial score (nSPS) is 18.7. The first-order valence-corrected chi connectivity index (χ1v) is 36.6. The number of nitrogen functional groups attached to an aromatic ring is 10. The van der Waals surface area contributed by atoms with E-state index in [9.17, 15) is 0 Å². The summed E-state index contributed by atoms with van der Waals surface area (Å²) in [4.78, 5) is 0. The largest absolute Gasteiger partial charge is 0.399 e. The Morgan fingerprint density at radius 2 is 0.424 bits per heavy atom. The van der Waals surface area contributed by atoms with Crippen molar-refractivity contribution in [2.45, 2.75) is 140 Å². The third-order valence-electron chi connectivity index (χ3n) is 22.7. The van der Waals surface area contributed by atoms with Gasteiger partial charge in [0.1, 0.15) is 0 Å². The molecule has 5 unspecified atom stereocenters. The maximum atomic E-state index is 5.95. The molecule has 10 aromatic rings. The van der Waals surface area contributed by atoms with Crippen LogP contribution in [0.25, 0.3) is 0 Å². The lowest BCUT2D eigenvalue weighted by Crippen LogP contribution is -2.29. The van der Waals surface area contributed by atoms with Gasteiger partial charge in [-0.05, 0) is 270 Å². The highest BCUT2D eigenvalue weighted by molar-refractivity contribution is 5.52. The van der Waals surface area contributed by atoms with Crippen molar-refractivity contribution >= 4 is 56.9 Å². The molecule has 514 valence electrons. The SMILES string of the molecule is CC(c1ccc(N)cc1)c1ccc(N)cc1.CC(c1ccc(N)cc1)c1ccc(N)cc1.Nc1ccc(C(c2ccc(N)cc2)C2CC3CC2C2CCCC32)cc1.Nc1ccc(C(c2ccc(N)cc2)C2CCCCC2)cc1.Nc1ccc(C(c2ccc(N)cc2)C2CCCCC2)cc1. The summed E-state index contributed by atoms with van der Waals surface area (Å²) in [5.41, 5.74) is 79.6. The molecule has 0 amide bonds. The van der Waals surface area contributed by atoms with E-state index in [1.54, 1.807) is 0 Å². The standard InChI is InChI=1S/C23H28N2.2C19H24N2.2C14H16N2/c24-17-8-4-14(5-9-17)23(15-6-10-18(25)11-7-15)22-13-16-12-21(22)20-3-1-2-19(16)20;2*20-17-10-6-15(7-11-17)19(14-4-2-1-3-5-14)16-8-12-18(21)13-9-16;2*1-10(11-2-6-13(15)7-3-11)12-4-8-14(16)9-5-12/h4-11,16,19-23H,1-3,12-13,24-25H2;2*6-14,19H,1-5,20-21H2;2*2-10H,15-16H2,1H3. The minimum absolute atomic E-state index is 0.362. The Morgan fingerprint density at radius 1 is 0.212 bits per heavy atom.